The van der Waals surface area contributed by atoms with Gasteiger partial charge in [-0.05, 0) is 54.8 Å². The molecule has 0 radical (unpaired) electrons. The standard InChI is InChI=1S/C16H14FNO/c1-11-5-12(2)7-15(6-11)19-10-13-3-4-16(17)14(8-13)9-18/h3-8H,10H2,1-2H3. The molecule has 0 aliphatic heterocycles. The van der Waals surface area contributed by atoms with Crippen LogP contribution < -0.4 is 4.74 Å². The minimum absolute atomic E-state index is 0.0431. The summed E-state index contributed by atoms with van der Waals surface area (Å²) in [5.74, 6) is 0.276. The normalized spacial score (nSPS) is 10.0. The first kappa shape index (κ1) is 13.1. The lowest BCUT2D eigenvalue weighted by atomic mass is 10.1. The van der Waals surface area contributed by atoms with Crippen LogP contribution in [0.1, 0.15) is 22.3 Å². The van der Waals surface area contributed by atoms with E-state index in [2.05, 4.69) is 6.07 Å². The largest absolute Gasteiger partial charge is 0.489 e. The van der Waals surface area contributed by atoms with Gasteiger partial charge in [-0.25, -0.2) is 4.39 Å². The van der Waals surface area contributed by atoms with E-state index >= 15 is 0 Å². The summed E-state index contributed by atoms with van der Waals surface area (Å²) in [7, 11) is 0. The molecule has 0 aliphatic carbocycles. The van der Waals surface area contributed by atoms with Gasteiger partial charge in [0.1, 0.15) is 24.2 Å². The first-order chi connectivity index (χ1) is 9.08. The lowest BCUT2D eigenvalue weighted by molar-refractivity contribution is 0.305. The van der Waals surface area contributed by atoms with E-state index in [1.165, 1.54) is 12.1 Å². The van der Waals surface area contributed by atoms with Crippen molar-refractivity contribution in [3.05, 3.63) is 64.5 Å². The molecule has 0 bridgehead atoms. The highest BCUT2D eigenvalue weighted by atomic mass is 19.1. The van der Waals surface area contributed by atoms with Crippen molar-refractivity contribution >= 4 is 0 Å². The fourth-order valence-electron chi connectivity index (χ4n) is 1.93. The maximum absolute atomic E-state index is 13.2. The van der Waals surface area contributed by atoms with Crippen molar-refractivity contribution in [2.75, 3.05) is 0 Å². The molecule has 0 heterocycles. The van der Waals surface area contributed by atoms with Gasteiger partial charge in [0.15, 0.2) is 0 Å². The summed E-state index contributed by atoms with van der Waals surface area (Å²) in [6.45, 7) is 4.33. The number of halogens is 1. The smallest absolute Gasteiger partial charge is 0.140 e. The Kier molecular flexibility index (Phi) is 3.82. The Hall–Kier alpha value is -2.34. The molecule has 0 atom stereocenters. The lowest BCUT2D eigenvalue weighted by Gasteiger charge is -2.08. The van der Waals surface area contributed by atoms with Gasteiger partial charge in [0, 0.05) is 0 Å². The van der Waals surface area contributed by atoms with Crippen LogP contribution in [0.15, 0.2) is 36.4 Å². The zero-order valence-corrected chi connectivity index (χ0v) is 10.9. The van der Waals surface area contributed by atoms with Gasteiger partial charge >= 0.3 is 0 Å². The fourth-order valence-corrected chi connectivity index (χ4v) is 1.93. The number of nitrogens with zero attached hydrogens (tertiary/aromatic N) is 1. The minimum atomic E-state index is -0.502. The first-order valence-electron chi connectivity index (χ1n) is 5.98. The van der Waals surface area contributed by atoms with Crippen molar-refractivity contribution in [1.29, 1.82) is 5.26 Å². The third-order valence-electron chi connectivity index (χ3n) is 2.75. The topological polar surface area (TPSA) is 33.0 Å². The second-order valence-corrected chi connectivity index (χ2v) is 4.54. The van der Waals surface area contributed by atoms with Gasteiger partial charge in [-0.3, -0.25) is 0 Å². The summed E-state index contributed by atoms with van der Waals surface area (Å²) >= 11 is 0. The van der Waals surface area contributed by atoms with Gasteiger partial charge in [0.05, 0.1) is 5.56 Å². The van der Waals surface area contributed by atoms with Crippen LogP contribution in [-0.4, -0.2) is 0 Å². The second kappa shape index (κ2) is 5.53. The third-order valence-corrected chi connectivity index (χ3v) is 2.75. The average molecular weight is 255 g/mol. The summed E-state index contributed by atoms with van der Waals surface area (Å²) in [4.78, 5) is 0. The van der Waals surface area contributed by atoms with Gasteiger partial charge in [-0.1, -0.05) is 12.1 Å². The van der Waals surface area contributed by atoms with Crippen LogP contribution in [0.4, 0.5) is 4.39 Å². The van der Waals surface area contributed by atoms with Crippen LogP contribution in [0.3, 0.4) is 0 Å². The number of hydrogen-bond donors (Lipinski definition) is 0. The Morgan fingerprint density at radius 1 is 1.11 bits per heavy atom. The van der Waals surface area contributed by atoms with Gasteiger partial charge in [0.25, 0.3) is 0 Å². The number of benzene rings is 2. The Morgan fingerprint density at radius 2 is 1.79 bits per heavy atom. The summed E-state index contributed by atoms with van der Waals surface area (Å²) in [5.41, 5.74) is 3.08. The fraction of sp³-hybridized carbons (Fsp3) is 0.188. The van der Waals surface area contributed by atoms with Crippen LogP contribution in [0.5, 0.6) is 5.75 Å². The highest BCUT2D eigenvalue weighted by Gasteiger charge is 2.04. The maximum Gasteiger partial charge on any atom is 0.140 e. The molecule has 0 saturated heterocycles. The van der Waals surface area contributed by atoms with E-state index in [0.29, 0.717) is 6.61 Å². The van der Waals surface area contributed by atoms with Crippen molar-refractivity contribution in [2.24, 2.45) is 0 Å². The molecule has 2 aromatic carbocycles. The van der Waals surface area contributed by atoms with Crippen molar-refractivity contribution in [3.8, 4) is 11.8 Å². The second-order valence-electron chi connectivity index (χ2n) is 4.54. The molecule has 3 heteroatoms. The molecule has 0 amide bonds. The van der Waals surface area contributed by atoms with Crippen molar-refractivity contribution in [2.45, 2.75) is 20.5 Å². The summed E-state index contributed by atoms with van der Waals surface area (Å²) < 4.78 is 18.8. The molecule has 0 spiro atoms. The van der Waals surface area contributed by atoms with Crippen molar-refractivity contribution in [1.82, 2.24) is 0 Å². The molecule has 0 aliphatic rings. The molecule has 0 N–H and O–H groups in total. The van der Waals surface area contributed by atoms with E-state index in [4.69, 9.17) is 10.00 Å². The lowest BCUT2D eigenvalue weighted by Crippen LogP contribution is -1.97. The molecule has 96 valence electrons. The Morgan fingerprint density at radius 3 is 2.42 bits per heavy atom. The monoisotopic (exact) mass is 255 g/mol. The average Bonchev–Trinajstić information content (AvgIpc) is 2.36. The number of hydrogen-bond acceptors (Lipinski definition) is 2. The molecule has 2 aromatic rings. The summed E-state index contributed by atoms with van der Waals surface area (Å²) in [6, 6.07) is 12.2. The van der Waals surface area contributed by atoms with E-state index in [9.17, 15) is 4.39 Å². The molecular weight excluding hydrogens is 241 g/mol. The Labute approximate surface area is 112 Å². The molecule has 19 heavy (non-hydrogen) atoms. The quantitative estimate of drug-likeness (QED) is 0.833. The summed E-state index contributed by atoms with van der Waals surface area (Å²) in [6.07, 6.45) is 0. The highest BCUT2D eigenvalue weighted by Crippen LogP contribution is 2.18. The van der Waals surface area contributed by atoms with Crippen molar-refractivity contribution < 1.29 is 9.13 Å². The molecule has 2 rings (SSSR count). The molecule has 0 saturated carbocycles. The van der Waals surface area contributed by atoms with Crippen LogP contribution in [0, 0.1) is 31.0 Å². The first-order valence-corrected chi connectivity index (χ1v) is 5.98. The van der Waals surface area contributed by atoms with E-state index in [0.717, 1.165) is 22.4 Å². The predicted octanol–water partition coefficient (Wildman–Crippen LogP) is 3.89. The van der Waals surface area contributed by atoms with Crippen LogP contribution >= 0.6 is 0 Å². The Bertz CT molecular complexity index is 623. The van der Waals surface area contributed by atoms with Crippen LogP contribution in [0.25, 0.3) is 0 Å². The molecule has 2 nitrogen and oxygen atoms in total. The van der Waals surface area contributed by atoms with E-state index < -0.39 is 5.82 Å². The third kappa shape index (κ3) is 3.32. The summed E-state index contributed by atoms with van der Waals surface area (Å²) in [5, 5.41) is 8.77. The van der Waals surface area contributed by atoms with Gasteiger partial charge < -0.3 is 4.74 Å². The molecular formula is C16H14FNO. The predicted molar refractivity (Wildman–Crippen MR) is 71.4 cm³/mol. The van der Waals surface area contributed by atoms with E-state index in [-0.39, 0.29) is 5.56 Å². The molecule has 0 unspecified atom stereocenters. The van der Waals surface area contributed by atoms with Crippen LogP contribution in [0.2, 0.25) is 0 Å². The zero-order valence-electron chi connectivity index (χ0n) is 10.9. The van der Waals surface area contributed by atoms with E-state index in [1.807, 2.05) is 32.0 Å². The van der Waals surface area contributed by atoms with E-state index in [1.54, 1.807) is 6.07 Å². The van der Waals surface area contributed by atoms with Crippen molar-refractivity contribution in [3.63, 3.8) is 0 Å². The van der Waals surface area contributed by atoms with Gasteiger partial charge in [0.2, 0.25) is 0 Å². The number of rotatable bonds is 3. The number of ether oxygens (including phenoxy) is 1. The SMILES string of the molecule is Cc1cc(C)cc(OCc2ccc(F)c(C#N)c2)c1. The minimum Gasteiger partial charge on any atom is -0.489 e. The molecule has 0 aromatic heterocycles. The Balaban J connectivity index is 2.12. The zero-order chi connectivity index (χ0) is 13.8. The molecule has 0 fully saturated rings. The number of aryl methyl sites for hydroxylation is 2. The van der Waals surface area contributed by atoms with Crippen LogP contribution in [-0.2, 0) is 6.61 Å². The van der Waals surface area contributed by atoms with Gasteiger partial charge in [-0.2, -0.15) is 5.26 Å². The highest BCUT2D eigenvalue weighted by molar-refractivity contribution is 5.35. The number of nitriles is 1. The van der Waals surface area contributed by atoms with Gasteiger partial charge in [-0.15, -0.1) is 0 Å². The maximum atomic E-state index is 13.2.